The van der Waals surface area contributed by atoms with Gasteiger partial charge in [-0.3, -0.25) is 0 Å². The molecule has 5 nitrogen and oxygen atoms in total. The molecule has 6 heteroatoms. The molecule has 0 amide bonds. The van der Waals surface area contributed by atoms with Crippen LogP contribution >= 0.6 is 0 Å². The van der Waals surface area contributed by atoms with Crippen LogP contribution in [0.3, 0.4) is 0 Å². The van der Waals surface area contributed by atoms with Crippen molar-refractivity contribution in [1.29, 1.82) is 0 Å². The van der Waals surface area contributed by atoms with Crippen LogP contribution in [0.2, 0.25) is 0 Å². The van der Waals surface area contributed by atoms with Crippen molar-refractivity contribution in [2.75, 3.05) is 36.0 Å². The van der Waals surface area contributed by atoms with E-state index in [2.05, 4.69) is 25.0 Å². The van der Waals surface area contributed by atoms with Gasteiger partial charge in [-0.25, -0.2) is 9.37 Å². The Hall–Kier alpha value is -2.76. The van der Waals surface area contributed by atoms with Gasteiger partial charge in [0.1, 0.15) is 11.6 Å². The molecule has 0 aliphatic carbocycles. The Bertz CT molecular complexity index is 881. The van der Waals surface area contributed by atoms with Crippen LogP contribution in [0.15, 0.2) is 42.6 Å². The fourth-order valence-electron chi connectivity index (χ4n) is 3.30. The summed E-state index contributed by atoms with van der Waals surface area (Å²) in [6, 6.07) is 10.8. The number of aromatic nitrogens is 3. The molecule has 1 saturated heterocycles. The second kappa shape index (κ2) is 6.63. The molecular formula is C19H20FN5. The molecule has 1 aromatic carbocycles. The van der Waals surface area contributed by atoms with Gasteiger partial charge in [0.25, 0.3) is 0 Å². The van der Waals surface area contributed by atoms with E-state index in [-0.39, 0.29) is 5.82 Å². The summed E-state index contributed by atoms with van der Waals surface area (Å²) in [5, 5.41) is 10.3. The third kappa shape index (κ3) is 3.24. The lowest BCUT2D eigenvalue weighted by Gasteiger charge is -2.24. The van der Waals surface area contributed by atoms with E-state index in [1.807, 2.05) is 31.2 Å². The molecule has 0 spiro atoms. The number of pyridine rings is 1. The molecule has 128 valence electrons. The van der Waals surface area contributed by atoms with Crippen molar-refractivity contribution in [3.63, 3.8) is 0 Å². The minimum Gasteiger partial charge on any atom is -0.354 e. The van der Waals surface area contributed by atoms with Gasteiger partial charge in [-0.05, 0) is 49.1 Å². The monoisotopic (exact) mass is 337 g/mol. The molecule has 0 saturated carbocycles. The molecule has 0 unspecified atom stereocenters. The first kappa shape index (κ1) is 15.7. The summed E-state index contributed by atoms with van der Waals surface area (Å²) in [4.78, 5) is 9.02. The number of hydrogen-bond donors (Lipinski definition) is 0. The van der Waals surface area contributed by atoms with Crippen LogP contribution in [-0.4, -0.2) is 41.4 Å². The first-order chi connectivity index (χ1) is 12.2. The lowest BCUT2D eigenvalue weighted by atomic mass is 10.1. The number of nitrogens with zero attached hydrogens (tertiary/aromatic N) is 5. The summed E-state index contributed by atoms with van der Waals surface area (Å²) in [5.41, 5.74) is 0.919. The van der Waals surface area contributed by atoms with Crippen molar-refractivity contribution in [3.05, 3.63) is 54.1 Å². The highest BCUT2D eigenvalue weighted by atomic mass is 19.1. The van der Waals surface area contributed by atoms with Gasteiger partial charge in [-0.1, -0.05) is 6.07 Å². The smallest absolute Gasteiger partial charge is 0.151 e. The van der Waals surface area contributed by atoms with Crippen molar-refractivity contribution in [3.8, 4) is 0 Å². The molecule has 4 rings (SSSR count). The topological polar surface area (TPSA) is 45.2 Å². The second-order valence-electron chi connectivity index (χ2n) is 6.36. The number of anilines is 2. The van der Waals surface area contributed by atoms with Gasteiger partial charge in [-0.2, -0.15) is 5.10 Å². The highest BCUT2D eigenvalue weighted by molar-refractivity contribution is 5.92. The van der Waals surface area contributed by atoms with Crippen LogP contribution in [-0.2, 0) is 0 Å². The normalized spacial score (nSPS) is 15.4. The molecule has 3 heterocycles. The van der Waals surface area contributed by atoms with Gasteiger partial charge in [0.2, 0.25) is 0 Å². The van der Waals surface area contributed by atoms with E-state index in [4.69, 9.17) is 0 Å². The molecule has 0 radical (unpaired) electrons. The zero-order valence-corrected chi connectivity index (χ0v) is 14.2. The third-order valence-electron chi connectivity index (χ3n) is 4.61. The average Bonchev–Trinajstić information content (AvgIpc) is 2.88. The average molecular weight is 337 g/mol. The fraction of sp³-hybridized carbons (Fsp3) is 0.316. The second-order valence-corrected chi connectivity index (χ2v) is 6.36. The van der Waals surface area contributed by atoms with Crippen LogP contribution in [0.5, 0.6) is 0 Å². The fourth-order valence-corrected chi connectivity index (χ4v) is 3.30. The molecule has 25 heavy (non-hydrogen) atoms. The van der Waals surface area contributed by atoms with Crippen LogP contribution < -0.4 is 9.80 Å². The quantitative estimate of drug-likeness (QED) is 0.719. The highest BCUT2D eigenvalue weighted by Gasteiger charge is 2.19. The van der Waals surface area contributed by atoms with Crippen LogP contribution in [0.4, 0.5) is 16.0 Å². The predicted octanol–water partition coefficient (Wildman–Crippen LogP) is 3.19. The first-order valence-corrected chi connectivity index (χ1v) is 8.55. The summed E-state index contributed by atoms with van der Waals surface area (Å²) < 4.78 is 13.7. The zero-order chi connectivity index (χ0) is 17.2. The maximum Gasteiger partial charge on any atom is 0.151 e. The Morgan fingerprint density at radius 1 is 0.920 bits per heavy atom. The SMILES string of the molecule is Cc1ccc(N2CCCN(c3nccc4ccc(F)cc34)CC2)nn1. The lowest BCUT2D eigenvalue weighted by molar-refractivity contribution is 0.629. The molecule has 2 aromatic heterocycles. The Labute approximate surface area is 146 Å². The standard InChI is InChI=1S/C19H20FN5/c1-14-3-6-18(23-22-14)24-9-2-10-25(12-11-24)19-17-13-16(20)5-4-15(17)7-8-21-19/h3-8,13H,2,9-12H2,1H3. The van der Waals surface area contributed by atoms with Gasteiger partial charge < -0.3 is 9.80 Å². The summed E-state index contributed by atoms with van der Waals surface area (Å²) in [6.45, 7) is 5.40. The van der Waals surface area contributed by atoms with E-state index in [9.17, 15) is 4.39 Å². The van der Waals surface area contributed by atoms with Crippen molar-refractivity contribution in [1.82, 2.24) is 15.2 Å². The Balaban J connectivity index is 1.59. The van der Waals surface area contributed by atoms with E-state index >= 15 is 0 Å². The summed E-state index contributed by atoms with van der Waals surface area (Å²) >= 11 is 0. The molecule has 3 aromatic rings. The maximum absolute atomic E-state index is 13.7. The number of halogens is 1. The zero-order valence-electron chi connectivity index (χ0n) is 14.2. The maximum atomic E-state index is 13.7. The Morgan fingerprint density at radius 2 is 1.76 bits per heavy atom. The van der Waals surface area contributed by atoms with Crippen molar-refractivity contribution in [2.24, 2.45) is 0 Å². The molecule has 0 N–H and O–H groups in total. The van der Waals surface area contributed by atoms with Crippen molar-refractivity contribution in [2.45, 2.75) is 13.3 Å². The van der Waals surface area contributed by atoms with Gasteiger partial charge in [0, 0.05) is 37.8 Å². The minimum atomic E-state index is -0.229. The Morgan fingerprint density at radius 3 is 2.60 bits per heavy atom. The summed E-state index contributed by atoms with van der Waals surface area (Å²) in [7, 11) is 0. The third-order valence-corrected chi connectivity index (χ3v) is 4.61. The number of fused-ring (bicyclic) bond motifs is 1. The molecular weight excluding hydrogens is 317 g/mol. The van der Waals surface area contributed by atoms with Gasteiger partial charge >= 0.3 is 0 Å². The number of benzene rings is 1. The minimum absolute atomic E-state index is 0.229. The van der Waals surface area contributed by atoms with Gasteiger partial charge in [-0.15, -0.1) is 5.10 Å². The Kier molecular flexibility index (Phi) is 4.17. The lowest BCUT2D eigenvalue weighted by Crippen LogP contribution is -2.31. The number of rotatable bonds is 2. The number of hydrogen-bond acceptors (Lipinski definition) is 5. The summed E-state index contributed by atoms with van der Waals surface area (Å²) in [6.07, 6.45) is 2.78. The molecule has 0 atom stereocenters. The molecule has 1 aliphatic heterocycles. The van der Waals surface area contributed by atoms with E-state index < -0.39 is 0 Å². The highest BCUT2D eigenvalue weighted by Crippen LogP contribution is 2.26. The first-order valence-electron chi connectivity index (χ1n) is 8.55. The number of aryl methyl sites for hydroxylation is 1. The van der Waals surface area contributed by atoms with Crippen LogP contribution in [0, 0.1) is 12.7 Å². The molecule has 1 aliphatic rings. The van der Waals surface area contributed by atoms with E-state index in [1.54, 1.807) is 12.3 Å². The van der Waals surface area contributed by atoms with Crippen molar-refractivity contribution >= 4 is 22.4 Å². The van der Waals surface area contributed by atoms with Gasteiger partial charge in [0.05, 0.1) is 5.69 Å². The largest absolute Gasteiger partial charge is 0.354 e. The van der Waals surface area contributed by atoms with Crippen LogP contribution in [0.25, 0.3) is 10.8 Å². The van der Waals surface area contributed by atoms with E-state index in [0.717, 1.165) is 60.7 Å². The van der Waals surface area contributed by atoms with E-state index in [1.165, 1.54) is 6.07 Å². The predicted molar refractivity (Wildman–Crippen MR) is 97.5 cm³/mol. The van der Waals surface area contributed by atoms with E-state index in [0.29, 0.717) is 0 Å². The van der Waals surface area contributed by atoms with Gasteiger partial charge in [0.15, 0.2) is 5.82 Å². The summed E-state index contributed by atoms with van der Waals surface area (Å²) in [5.74, 6) is 1.53. The molecule has 1 fully saturated rings. The van der Waals surface area contributed by atoms with Crippen LogP contribution in [0.1, 0.15) is 12.1 Å². The van der Waals surface area contributed by atoms with Crippen molar-refractivity contribution < 1.29 is 4.39 Å². The molecule has 0 bridgehead atoms.